The molecule has 1 saturated heterocycles. The van der Waals surface area contributed by atoms with Crippen molar-refractivity contribution in [3.63, 3.8) is 0 Å². The molecule has 1 aliphatic rings. The number of nitrogens with zero attached hydrogens (tertiary/aromatic N) is 3. The van der Waals surface area contributed by atoms with Gasteiger partial charge < -0.3 is 5.32 Å². The monoisotopic (exact) mass is 218 g/mol. The number of aromatic nitrogens is 2. The van der Waals surface area contributed by atoms with Gasteiger partial charge in [-0.05, 0) is 18.9 Å². The number of piperazine rings is 1. The molecule has 0 radical (unpaired) electrons. The van der Waals surface area contributed by atoms with E-state index in [1.54, 1.807) is 6.20 Å². The van der Waals surface area contributed by atoms with Gasteiger partial charge in [0.2, 0.25) is 0 Å². The summed E-state index contributed by atoms with van der Waals surface area (Å²) in [4.78, 5) is 2.37. The van der Waals surface area contributed by atoms with Gasteiger partial charge in [-0.25, -0.2) is 0 Å². The Hall–Kier alpha value is -1.31. The fourth-order valence-corrected chi connectivity index (χ4v) is 1.80. The predicted octanol–water partition coefficient (Wildman–Crippen LogP) is 0.160. The number of hydrogen-bond acceptors (Lipinski definition) is 3. The van der Waals surface area contributed by atoms with Crippen molar-refractivity contribution >= 4 is 0 Å². The van der Waals surface area contributed by atoms with Crippen LogP contribution in [0.4, 0.5) is 0 Å². The minimum atomic E-state index is 0.858. The topological polar surface area (TPSA) is 33.1 Å². The Morgan fingerprint density at radius 1 is 1.44 bits per heavy atom. The molecule has 2 heterocycles. The zero-order chi connectivity index (χ0) is 11.2. The highest BCUT2D eigenvalue weighted by Gasteiger charge is 2.06. The van der Waals surface area contributed by atoms with Crippen LogP contribution in [0.15, 0.2) is 12.3 Å². The van der Waals surface area contributed by atoms with E-state index >= 15 is 0 Å². The van der Waals surface area contributed by atoms with Crippen molar-refractivity contribution < 1.29 is 0 Å². The lowest BCUT2D eigenvalue weighted by Gasteiger charge is -2.24. The van der Waals surface area contributed by atoms with Crippen LogP contribution >= 0.6 is 0 Å². The molecular weight excluding hydrogens is 200 g/mol. The Bertz CT molecular complexity index is 379. The molecule has 0 aromatic carbocycles. The summed E-state index contributed by atoms with van der Waals surface area (Å²) < 4.78 is 1.92. The highest BCUT2D eigenvalue weighted by atomic mass is 15.3. The first kappa shape index (κ1) is 11.2. The van der Waals surface area contributed by atoms with E-state index in [1.165, 1.54) is 0 Å². The van der Waals surface area contributed by atoms with Crippen molar-refractivity contribution in [3.05, 3.63) is 18.0 Å². The van der Waals surface area contributed by atoms with Crippen LogP contribution in [-0.4, -0.2) is 47.4 Å². The van der Waals surface area contributed by atoms with Crippen molar-refractivity contribution in [1.82, 2.24) is 20.0 Å². The fourth-order valence-electron chi connectivity index (χ4n) is 1.80. The molecule has 0 spiro atoms. The second kappa shape index (κ2) is 5.69. The molecule has 0 bridgehead atoms. The summed E-state index contributed by atoms with van der Waals surface area (Å²) in [5.74, 6) is 6.40. The molecule has 1 aromatic rings. The Balaban J connectivity index is 1.89. The van der Waals surface area contributed by atoms with Crippen molar-refractivity contribution in [3.8, 4) is 11.8 Å². The third-order valence-corrected chi connectivity index (χ3v) is 2.74. The number of rotatable bonds is 2. The van der Waals surface area contributed by atoms with Gasteiger partial charge in [-0.1, -0.05) is 5.92 Å². The quantitative estimate of drug-likeness (QED) is 0.718. The summed E-state index contributed by atoms with van der Waals surface area (Å²) in [7, 11) is 0. The van der Waals surface area contributed by atoms with E-state index in [2.05, 4.69) is 34.1 Å². The molecule has 1 aromatic heterocycles. The van der Waals surface area contributed by atoms with E-state index in [0.717, 1.165) is 45.0 Å². The maximum absolute atomic E-state index is 4.19. The lowest BCUT2D eigenvalue weighted by Crippen LogP contribution is -2.43. The van der Waals surface area contributed by atoms with Gasteiger partial charge in [0.1, 0.15) is 5.69 Å². The summed E-state index contributed by atoms with van der Waals surface area (Å²) in [6.07, 6.45) is 1.80. The fraction of sp³-hybridized carbons (Fsp3) is 0.583. The molecule has 0 saturated carbocycles. The highest BCUT2D eigenvalue weighted by Crippen LogP contribution is 1.96. The van der Waals surface area contributed by atoms with Gasteiger partial charge in [0.15, 0.2) is 0 Å². The Morgan fingerprint density at radius 3 is 3.00 bits per heavy atom. The van der Waals surface area contributed by atoms with Gasteiger partial charge in [0.25, 0.3) is 0 Å². The lowest BCUT2D eigenvalue weighted by molar-refractivity contribution is 0.268. The van der Waals surface area contributed by atoms with Crippen LogP contribution in [-0.2, 0) is 6.54 Å². The second-order valence-corrected chi connectivity index (χ2v) is 3.86. The smallest absolute Gasteiger partial charge is 0.111 e. The lowest BCUT2D eigenvalue weighted by atomic mass is 10.3. The average molecular weight is 218 g/mol. The molecular formula is C12H18N4. The summed E-state index contributed by atoms with van der Waals surface area (Å²) in [5, 5.41) is 7.52. The first-order valence-electron chi connectivity index (χ1n) is 5.84. The van der Waals surface area contributed by atoms with E-state index in [1.807, 2.05) is 10.7 Å². The molecule has 4 heteroatoms. The molecule has 1 aliphatic heterocycles. The van der Waals surface area contributed by atoms with Gasteiger partial charge in [-0.15, -0.1) is 0 Å². The first-order chi connectivity index (χ1) is 7.90. The molecule has 0 atom stereocenters. The maximum atomic E-state index is 4.19. The van der Waals surface area contributed by atoms with Crippen molar-refractivity contribution in [1.29, 1.82) is 0 Å². The standard InChI is InChI=1S/C12H18N4/c1-2-16-12(5-6-14-16)4-3-9-15-10-7-13-8-11-15/h5-6,13H,2,7-11H2,1H3. The van der Waals surface area contributed by atoms with Crippen LogP contribution in [0.2, 0.25) is 0 Å². The van der Waals surface area contributed by atoms with E-state index in [-0.39, 0.29) is 0 Å². The van der Waals surface area contributed by atoms with Gasteiger partial charge in [-0.3, -0.25) is 9.58 Å². The van der Waals surface area contributed by atoms with Crippen LogP contribution in [0.1, 0.15) is 12.6 Å². The van der Waals surface area contributed by atoms with E-state index in [0.29, 0.717) is 0 Å². The predicted molar refractivity (Wildman–Crippen MR) is 64.1 cm³/mol. The van der Waals surface area contributed by atoms with Crippen molar-refractivity contribution in [2.24, 2.45) is 0 Å². The summed E-state index contributed by atoms with van der Waals surface area (Å²) in [5.41, 5.74) is 1.01. The van der Waals surface area contributed by atoms with Crippen LogP contribution in [0.25, 0.3) is 0 Å². The van der Waals surface area contributed by atoms with Gasteiger partial charge >= 0.3 is 0 Å². The third kappa shape index (κ3) is 2.84. The van der Waals surface area contributed by atoms with Crippen LogP contribution in [0, 0.1) is 11.8 Å². The molecule has 1 fully saturated rings. The minimum absolute atomic E-state index is 0.858. The second-order valence-electron chi connectivity index (χ2n) is 3.86. The van der Waals surface area contributed by atoms with Gasteiger partial charge in [-0.2, -0.15) is 5.10 Å². The highest BCUT2D eigenvalue weighted by molar-refractivity contribution is 5.27. The SMILES string of the molecule is CCn1nccc1C#CCN1CCNCC1. The molecule has 0 aliphatic carbocycles. The van der Waals surface area contributed by atoms with Crippen LogP contribution in [0.5, 0.6) is 0 Å². The minimum Gasteiger partial charge on any atom is -0.314 e. The molecule has 4 nitrogen and oxygen atoms in total. The van der Waals surface area contributed by atoms with Crippen molar-refractivity contribution in [2.75, 3.05) is 32.7 Å². The number of aryl methyl sites for hydroxylation is 1. The third-order valence-electron chi connectivity index (χ3n) is 2.74. The summed E-state index contributed by atoms with van der Waals surface area (Å²) in [6, 6.07) is 1.97. The van der Waals surface area contributed by atoms with Crippen LogP contribution < -0.4 is 5.32 Å². The Labute approximate surface area is 96.6 Å². The molecule has 0 amide bonds. The normalized spacial score (nSPS) is 16.8. The Morgan fingerprint density at radius 2 is 2.25 bits per heavy atom. The zero-order valence-corrected chi connectivity index (χ0v) is 9.74. The zero-order valence-electron chi connectivity index (χ0n) is 9.74. The molecule has 1 N–H and O–H groups in total. The maximum Gasteiger partial charge on any atom is 0.111 e. The molecule has 0 unspecified atom stereocenters. The Kier molecular flexibility index (Phi) is 3.97. The van der Waals surface area contributed by atoms with Gasteiger partial charge in [0, 0.05) is 32.7 Å². The first-order valence-corrected chi connectivity index (χ1v) is 5.84. The molecule has 86 valence electrons. The van der Waals surface area contributed by atoms with Gasteiger partial charge in [0.05, 0.1) is 12.7 Å². The van der Waals surface area contributed by atoms with E-state index in [9.17, 15) is 0 Å². The van der Waals surface area contributed by atoms with Crippen LogP contribution in [0.3, 0.4) is 0 Å². The van der Waals surface area contributed by atoms with E-state index in [4.69, 9.17) is 0 Å². The largest absolute Gasteiger partial charge is 0.314 e. The number of hydrogen-bond donors (Lipinski definition) is 1. The molecule has 16 heavy (non-hydrogen) atoms. The summed E-state index contributed by atoms with van der Waals surface area (Å²) >= 11 is 0. The average Bonchev–Trinajstić information content (AvgIpc) is 2.78. The summed E-state index contributed by atoms with van der Waals surface area (Å²) in [6.45, 7) is 8.17. The van der Waals surface area contributed by atoms with E-state index < -0.39 is 0 Å². The van der Waals surface area contributed by atoms with Crippen molar-refractivity contribution in [2.45, 2.75) is 13.5 Å². The molecule has 2 rings (SSSR count). The number of nitrogens with one attached hydrogen (secondary N) is 1.